The van der Waals surface area contributed by atoms with Crippen LogP contribution in [0.2, 0.25) is 0 Å². The van der Waals surface area contributed by atoms with Gasteiger partial charge in [0, 0.05) is 44.5 Å². The van der Waals surface area contributed by atoms with Crippen molar-refractivity contribution in [3.63, 3.8) is 0 Å². The largest absolute Gasteiger partial charge is 0.497 e. The van der Waals surface area contributed by atoms with Crippen LogP contribution in [0, 0.1) is 0 Å². The first-order valence-corrected chi connectivity index (χ1v) is 14.4. The Balaban J connectivity index is 1.54. The van der Waals surface area contributed by atoms with E-state index < -0.39 is 12.0 Å². The summed E-state index contributed by atoms with van der Waals surface area (Å²) in [6.45, 7) is 8.18. The number of amides is 2. The van der Waals surface area contributed by atoms with E-state index in [-0.39, 0.29) is 6.03 Å². The summed E-state index contributed by atoms with van der Waals surface area (Å²) in [6.07, 6.45) is 5.33. The lowest BCUT2D eigenvalue weighted by Gasteiger charge is -2.26. The van der Waals surface area contributed by atoms with Gasteiger partial charge >= 0.3 is 12.0 Å². The predicted molar refractivity (Wildman–Crippen MR) is 156 cm³/mol. The highest BCUT2D eigenvalue weighted by atomic mass is 16.5. The van der Waals surface area contributed by atoms with Gasteiger partial charge in [0.25, 0.3) is 0 Å². The number of nitrogens with one attached hydrogen (secondary N) is 2. The van der Waals surface area contributed by atoms with Crippen LogP contribution in [0.15, 0.2) is 36.4 Å². The Morgan fingerprint density at radius 2 is 1.90 bits per heavy atom. The molecule has 220 valence electrons. The number of carboxylic acids is 1. The van der Waals surface area contributed by atoms with E-state index in [2.05, 4.69) is 27.7 Å². The van der Waals surface area contributed by atoms with E-state index in [0.29, 0.717) is 39.2 Å². The molecule has 0 fully saturated rings. The van der Waals surface area contributed by atoms with Gasteiger partial charge in [0.05, 0.1) is 7.11 Å². The van der Waals surface area contributed by atoms with Crippen LogP contribution >= 0.6 is 0 Å². The number of aromatic nitrogens is 1. The van der Waals surface area contributed by atoms with Gasteiger partial charge in [0.15, 0.2) is 0 Å². The highest BCUT2D eigenvalue weighted by Crippen LogP contribution is 2.21. The van der Waals surface area contributed by atoms with Gasteiger partial charge in [0.2, 0.25) is 0 Å². The molecule has 0 aliphatic carbocycles. The Hall–Kier alpha value is -3.53. The summed E-state index contributed by atoms with van der Waals surface area (Å²) >= 11 is 0. The second-order valence-corrected chi connectivity index (χ2v) is 9.97. The van der Waals surface area contributed by atoms with Gasteiger partial charge in [-0.3, -0.25) is 4.90 Å². The zero-order chi connectivity index (χ0) is 28.7. The Labute approximate surface area is 238 Å². The first-order chi connectivity index (χ1) is 19.4. The van der Waals surface area contributed by atoms with Crippen molar-refractivity contribution in [2.45, 2.75) is 58.4 Å². The Morgan fingerprint density at radius 3 is 2.65 bits per heavy atom. The first-order valence-electron chi connectivity index (χ1n) is 14.4. The van der Waals surface area contributed by atoms with Crippen LogP contribution < -0.4 is 20.1 Å². The lowest BCUT2D eigenvalue weighted by atomic mass is 10.1. The number of unbranched alkanes of at least 4 members (excludes halogenated alkanes) is 1. The summed E-state index contributed by atoms with van der Waals surface area (Å²) in [7, 11) is 1.62. The number of pyridine rings is 1. The smallest absolute Gasteiger partial charge is 0.326 e. The van der Waals surface area contributed by atoms with Crippen LogP contribution in [-0.2, 0) is 17.6 Å². The average Bonchev–Trinajstić information content (AvgIpc) is 2.97. The second kappa shape index (κ2) is 16.5. The number of urea groups is 1. The molecule has 10 nitrogen and oxygen atoms in total. The lowest BCUT2D eigenvalue weighted by molar-refractivity contribution is -0.139. The molecular formula is C30H45N5O5. The number of methoxy groups -OCH3 is 1. The molecule has 3 N–H and O–H groups in total. The van der Waals surface area contributed by atoms with Crippen molar-refractivity contribution in [2.24, 2.45) is 0 Å². The fourth-order valence-corrected chi connectivity index (χ4v) is 4.79. The third-order valence-corrected chi connectivity index (χ3v) is 7.21. The minimum absolute atomic E-state index is 0.305. The van der Waals surface area contributed by atoms with Crippen LogP contribution in [-0.4, -0.2) is 90.9 Å². The van der Waals surface area contributed by atoms with Gasteiger partial charge < -0.3 is 30.1 Å². The number of carbonyl (C=O) groups is 2. The Bertz CT molecular complexity index is 1080. The number of carbonyl (C=O) groups excluding carboxylic acids is 1. The van der Waals surface area contributed by atoms with E-state index in [9.17, 15) is 14.7 Å². The number of carboxylic acid groups (broad SMARTS) is 1. The molecule has 0 saturated heterocycles. The Kier molecular flexibility index (Phi) is 12.8. The van der Waals surface area contributed by atoms with Crippen molar-refractivity contribution in [3.05, 3.63) is 47.7 Å². The van der Waals surface area contributed by atoms with Crippen LogP contribution in [0.3, 0.4) is 0 Å². The molecule has 2 aromatic rings. The van der Waals surface area contributed by atoms with Crippen LogP contribution in [0.25, 0.3) is 0 Å². The van der Waals surface area contributed by atoms with E-state index in [0.717, 1.165) is 68.2 Å². The highest BCUT2D eigenvalue weighted by molar-refractivity contribution is 5.82. The Morgan fingerprint density at radius 1 is 1.10 bits per heavy atom. The molecule has 0 saturated carbocycles. The zero-order valence-corrected chi connectivity index (χ0v) is 24.2. The van der Waals surface area contributed by atoms with Crippen LogP contribution in [0.4, 0.5) is 10.6 Å². The van der Waals surface area contributed by atoms with Crippen molar-refractivity contribution in [3.8, 4) is 11.5 Å². The van der Waals surface area contributed by atoms with Crippen molar-refractivity contribution in [2.75, 3.05) is 58.3 Å². The lowest BCUT2D eigenvalue weighted by Crippen LogP contribution is -2.49. The van der Waals surface area contributed by atoms with Gasteiger partial charge in [-0.2, -0.15) is 0 Å². The molecule has 1 aliphatic rings. The minimum atomic E-state index is -1.03. The topological polar surface area (TPSA) is 116 Å². The third-order valence-electron chi connectivity index (χ3n) is 7.21. The molecule has 10 heteroatoms. The fraction of sp³-hybridized carbons (Fsp3) is 0.567. The van der Waals surface area contributed by atoms with Crippen molar-refractivity contribution < 1.29 is 24.2 Å². The maximum absolute atomic E-state index is 12.5. The van der Waals surface area contributed by atoms with E-state index in [1.165, 1.54) is 5.56 Å². The number of aliphatic carboxylic acids is 1. The highest BCUT2D eigenvalue weighted by Gasteiger charge is 2.23. The zero-order valence-electron chi connectivity index (χ0n) is 24.2. The molecule has 3 rings (SSSR count). The van der Waals surface area contributed by atoms with E-state index >= 15 is 0 Å². The summed E-state index contributed by atoms with van der Waals surface area (Å²) < 4.78 is 11.2. The number of hydrogen-bond donors (Lipinski definition) is 3. The quantitative estimate of drug-likeness (QED) is 0.251. The van der Waals surface area contributed by atoms with Crippen molar-refractivity contribution >= 4 is 17.8 Å². The predicted octanol–water partition coefficient (Wildman–Crippen LogP) is 4.05. The third kappa shape index (κ3) is 9.89. The molecule has 0 unspecified atom stereocenters. The molecule has 0 spiro atoms. The van der Waals surface area contributed by atoms with Gasteiger partial charge in [-0.05, 0) is 82.7 Å². The number of anilines is 1. The van der Waals surface area contributed by atoms with Gasteiger partial charge in [-0.1, -0.05) is 12.1 Å². The maximum Gasteiger partial charge on any atom is 0.326 e. The number of benzene rings is 1. The first kappa shape index (κ1) is 31.0. The summed E-state index contributed by atoms with van der Waals surface area (Å²) in [5.41, 5.74) is 2.38. The number of nitrogens with zero attached hydrogens (tertiary/aromatic N) is 3. The fourth-order valence-electron chi connectivity index (χ4n) is 4.79. The molecule has 2 heterocycles. The van der Waals surface area contributed by atoms with Gasteiger partial charge in [0.1, 0.15) is 30.0 Å². The summed E-state index contributed by atoms with van der Waals surface area (Å²) in [5.74, 6) is 1.45. The molecule has 2 amide bonds. The van der Waals surface area contributed by atoms with Gasteiger partial charge in [-0.15, -0.1) is 0 Å². The molecule has 0 radical (unpaired) electrons. The molecule has 0 bridgehead atoms. The molecule has 1 aromatic carbocycles. The van der Waals surface area contributed by atoms with E-state index in [4.69, 9.17) is 14.5 Å². The molecular weight excluding hydrogens is 510 g/mol. The normalized spacial score (nSPS) is 13.2. The van der Waals surface area contributed by atoms with Crippen molar-refractivity contribution in [1.82, 2.24) is 20.1 Å². The van der Waals surface area contributed by atoms with Crippen LogP contribution in [0.5, 0.6) is 11.5 Å². The second-order valence-electron chi connectivity index (χ2n) is 9.97. The molecule has 40 heavy (non-hydrogen) atoms. The number of ether oxygens (including phenoxy) is 2. The molecule has 1 aliphatic heterocycles. The van der Waals surface area contributed by atoms with E-state index in [1.807, 2.05) is 38.1 Å². The summed E-state index contributed by atoms with van der Waals surface area (Å²) in [5, 5.41) is 15.8. The standard InChI is InChI=1S/C30H45N5O5/c1-4-35(5-2)30(38)33-27(29(36)37)16-19-34(20-21-40-26-13-8-12-25(22-26)39-3)18-7-6-11-24-15-14-23-10-9-17-31-28(23)32-24/h8,12-15,22,27H,4-7,9-11,16-21H2,1-3H3,(H,31,32)(H,33,38)(H,36,37)/t27-/m0/s1. The maximum atomic E-state index is 12.5. The number of rotatable bonds is 17. The molecule has 1 atom stereocenters. The number of hydrogen-bond acceptors (Lipinski definition) is 7. The monoisotopic (exact) mass is 555 g/mol. The van der Waals surface area contributed by atoms with Crippen molar-refractivity contribution in [1.29, 1.82) is 0 Å². The van der Waals surface area contributed by atoms with Gasteiger partial charge in [-0.25, -0.2) is 14.6 Å². The average molecular weight is 556 g/mol. The van der Waals surface area contributed by atoms with Crippen LogP contribution in [0.1, 0.15) is 50.8 Å². The number of fused-ring (bicyclic) bond motifs is 1. The summed E-state index contributed by atoms with van der Waals surface area (Å²) in [6, 6.07) is 10.5. The number of aryl methyl sites for hydroxylation is 2. The SMILES string of the molecule is CCN(CC)C(=O)N[C@@H](CCN(CCCCc1ccc2c(n1)NCCC2)CCOc1cccc(OC)c1)C(=O)O. The molecule has 1 aromatic heterocycles. The van der Waals surface area contributed by atoms with E-state index in [1.54, 1.807) is 12.0 Å². The summed E-state index contributed by atoms with van der Waals surface area (Å²) in [4.78, 5) is 33.0. The minimum Gasteiger partial charge on any atom is -0.497 e.